The predicted octanol–water partition coefficient (Wildman–Crippen LogP) is 20.3. The van der Waals surface area contributed by atoms with E-state index in [0.717, 1.165) is 70.6 Å². The van der Waals surface area contributed by atoms with Gasteiger partial charge in [-0.2, -0.15) is 0 Å². The first-order valence-corrected chi connectivity index (χ1v) is 30.3. The number of carbonyl (C=O) groups excluding carboxylic acids is 1. The second-order valence-electron chi connectivity index (χ2n) is 20.4. The minimum Gasteiger partial charge on any atom is -0.394 e. The van der Waals surface area contributed by atoms with Gasteiger partial charge in [0.05, 0.1) is 18.8 Å². The number of allylic oxidation sites excluding steroid dienone is 14. The van der Waals surface area contributed by atoms with Crippen molar-refractivity contribution in [3.8, 4) is 0 Å². The highest BCUT2D eigenvalue weighted by Crippen LogP contribution is 2.17. The van der Waals surface area contributed by atoms with Crippen molar-refractivity contribution in [2.45, 2.75) is 315 Å². The number of hydrogen-bond donors (Lipinski definition) is 3. The largest absolute Gasteiger partial charge is 0.394 e. The lowest BCUT2D eigenvalue weighted by molar-refractivity contribution is -0.123. The Morgan fingerprint density at radius 1 is 0.362 bits per heavy atom. The summed E-state index contributed by atoms with van der Waals surface area (Å²) >= 11 is 0. The quantitative estimate of drug-likeness (QED) is 0.0420. The molecule has 2 atom stereocenters. The summed E-state index contributed by atoms with van der Waals surface area (Å²) in [6.07, 6.45) is 87.3. The SMILES string of the molecule is CC/C=C\C/C=C\C/C=C\C/C=C\C/C=C\C/C=C\C/C=C\CCCCCCCCCCCCCCCCCCCC(=O)NC(CO)C(O)CCCCCCCCCCCCCCCCCCCC. The number of carbonyl (C=O) groups is 1. The van der Waals surface area contributed by atoms with E-state index in [0.29, 0.717) is 12.8 Å². The first kappa shape index (κ1) is 66.6. The summed E-state index contributed by atoms with van der Waals surface area (Å²) in [5, 5.41) is 23.4. The molecule has 0 bridgehead atoms. The number of aliphatic hydroxyl groups excluding tert-OH is 2. The molecule has 0 fully saturated rings. The van der Waals surface area contributed by atoms with Crippen LogP contribution in [0.1, 0.15) is 303 Å². The van der Waals surface area contributed by atoms with Gasteiger partial charge in [-0.3, -0.25) is 4.79 Å². The molecule has 0 aromatic rings. The third-order valence-corrected chi connectivity index (χ3v) is 13.7. The van der Waals surface area contributed by atoms with Crippen LogP contribution in [-0.2, 0) is 4.79 Å². The summed E-state index contributed by atoms with van der Waals surface area (Å²) in [6, 6.07) is -0.539. The van der Waals surface area contributed by atoms with Crippen LogP contribution in [0.25, 0.3) is 0 Å². The summed E-state index contributed by atoms with van der Waals surface area (Å²) in [4.78, 5) is 12.5. The minimum absolute atomic E-state index is 0.0294. The smallest absolute Gasteiger partial charge is 0.220 e. The van der Waals surface area contributed by atoms with Crippen LogP contribution in [0, 0.1) is 0 Å². The van der Waals surface area contributed by atoms with E-state index in [9.17, 15) is 15.0 Å². The van der Waals surface area contributed by atoms with Gasteiger partial charge >= 0.3 is 0 Å². The van der Waals surface area contributed by atoms with E-state index in [2.05, 4.69) is 104 Å². The van der Waals surface area contributed by atoms with Crippen molar-refractivity contribution >= 4 is 5.91 Å². The average molecular weight is 961 g/mol. The zero-order valence-corrected chi connectivity index (χ0v) is 46.1. The van der Waals surface area contributed by atoms with E-state index in [1.54, 1.807) is 0 Å². The monoisotopic (exact) mass is 960 g/mol. The minimum atomic E-state index is -0.662. The third kappa shape index (κ3) is 56.4. The van der Waals surface area contributed by atoms with E-state index in [1.807, 2.05) is 0 Å². The van der Waals surface area contributed by atoms with Crippen LogP contribution in [0.5, 0.6) is 0 Å². The van der Waals surface area contributed by atoms with Gasteiger partial charge in [0.25, 0.3) is 0 Å². The van der Waals surface area contributed by atoms with E-state index in [4.69, 9.17) is 0 Å². The lowest BCUT2D eigenvalue weighted by Crippen LogP contribution is -2.45. The standard InChI is InChI=1S/C65H117NO3/c1-3-5-7-9-11-13-15-17-19-21-23-24-25-26-27-28-29-30-31-32-33-34-35-36-37-38-39-40-41-42-43-45-47-49-51-53-55-57-59-61-65(69)66-63(62-67)64(68)60-58-56-54-52-50-48-46-44-22-20-18-16-14-12-10-8-6-4-2/h5,7,11,13,17,19,23-24,26-27,29-30,32-33,63-64,67-68H,3-4,6,8-10,12,14-16,18,20-22,25,28,31,34-62H2,1-2H3,(H,66,69)/b7-5-,13-11-,19-17-,24-23-,27-26-,30-29-,33-32-. The lowest BCUT2D eigenvalue weighted by Gasteiger charge is -2.22. The molecule has 0 radical (unpaired) electrons. The molecule has 0 aliphatic heterocycles. The highest BCUT2D eigenvalue weighted by atomic mass is 16.3. The van der Waals surface area contributed by atoms with Crippen LogP contribution in [0.2, 0.25) is 0 Å². The van der Waals surface area contributed by atoms with Gasteiger partial charge in [0.15, 0.2) is 0 Å². The maximum atomic E-state index is 12.5. The number of aliphatic hydroxyl groups is 2. The Bertz CT molecular complexity index is 1230. The zero-order chi connectivity index (χ0) is 49.9. The number of unbranched alkanes of at least 4 members (excludes halogenated alkanes) is 34. The number of hydrogen-bond acceptors (Lipinski definition) is 3. The van der Waals surface area contributed by atoms with Crippen molar-refractivity contribution in [1.29, 1.82) is 0 Å². The van der Waals surface area contributed by atoms with Crippen LogP contribution in [-0.4, -0.2) is 34.9 Å². The van der Waals surface area contributed by atoms with Crippen molar-refractivity contribution in [2.75, 3.05) is 6.61 Å². The summed E-state index contributed by atoms with van der Waals surface area (Å²) in [6.45, 7) is 4.26. The maximum absolute atomic E-state index is 12.5. The van der Waals surface area contributed by atoms with Crippen LogP contribution >= 0.6 is 0 Å². The normalized spacial score (nSPS) is 13.4. The molecule has 0 spiro atoms. The highest BCUT2D eigenvalue weighted by molar-refractivity contribution is 5.76. The molecule has 4 heteroatoms. The van der Waals surface area contributed by atoms with Crippen molar-refractivity contribution in [1.82, 2.24) is 5.32 Å². The Hall–Kier alpha value is -2.43. The second kappa shape index (κ2) is 59.9. The molecular weight excluding hydrogens is 843 g/mol. The molecular formula is C65H117NO3. The molecule has 0 saturated carbocycles. The third-order valence-electron chi connectivity index (χ3n) is 13.7. The fraction of sp³-hybridized carbons (Fsp3) is 0.769. The Morgan fingerprint density at radius 3 is 0.957 bits per heavy atom. The van der Waals surface area contributed by atoms with E-state index in [-0.39, 0.29) is 12.5 Å². The fourth-order valence-electron chi connectivity index (χ4n) is 9.11. The van der Waals surface area contributed by atoms with Crippen LogP contribution in [0.3, 0.4) is 0 Å². The highest BCUT2D eigenvalue weighted by Gasteiger charge is 2.20. The van der Waals surface area contributed by atoms with Gasteiger partial charge in [-0.05, 0) is 70.6 Å². The van der Waals surface area contributed by atoms with E-state index in [1.165, 1.54) is 205 Å². The van der Waals surface area contributed by atoms with E-state index < -0.39 is 12.1 Å². The molecule has 1 amide bonds. The van der Waals surface area contributed by atoms with Crippen LogP contribution < -0.4 is 5.32 Å². The van der Waals surface area contributed by atoms with Gasteiger partial charge in [0.2, 0.25) is 5.91 Å². The topological polar surface area (TPSA) is 69.6 Å². The average Bonchev–Trinajstić information content (AvgIpc) is 3.35. The van der Waals surface area contributed by atoms with Crippen molar-refractivity contribution in [3.63, 3.8) is 0 Å². The molecule has 3 N–H and O–H groups in total. The summed E-state index contributed by atoms with van der Waals surface area (Å²) in [5.41, 5.74) is 0. The summed E-state index contributed by atoms with van der Waals surface area (Å²) < 4.78 is 0. The van der Waals surface area contributed by atoms with Gasteiger partial charge in [-0.15, -0.1) is 0 Å². The molecule has 4 nitrogen and oxygen atoms in total. The van der Waals surface area contributed by atoms with Crippen LogP contribution in [0.4, 0.5) is 0 Å². The number of nitrogens with one attached hydrogen (secondary N) is 1. The Balaban J connectivity index is 3.46. The first-order chi connectivity index (χ1) is 34.2. The maximum Gasteiger partial charge on any atom is 0.220 e. The number of rotatable bonds is 55. The summed E-state index contributed by atoms with van der Waals surface area (Å²) in [5.74, 6) is -0.0294. The van der Waals surface area contributed by atoms with Gasteiger partial charge in [-0.25, -0.2) is 0 Å². The fourth-order valence-corrected chi connectivity index (χ4v) is 9.11. The molecule has 0 aromatic heterocycles. The molecule has 0 saturated heterocycles. The van der Waals surface area contributed by atoms with Crippen LogP contribution in [0.15, 0.2) is 85.1 Å². The zero-order valence-electron chi connectivity index (χ0n) is 46.1. The second-order valence-corrected chi connectivity index (χ2v) is 20.4. The molecule has 2 unspecified atom stereocenters. The number of amides is 1. The van der Waals surface area contributed by atoms with Crippen molar-refractivity contribution < 1.29 is 15.0 Å². The Labute approximate surface area is 431 Å². The van der Waals surface area contributed by atoms with Gasteiger partial charge < -0.3 is 15.5 Å². The van der Waals surface area contributed by atoms with Gasteiger partial charge in [-0.1, -0.05) is 311 Å². The Morgan fingerprint density at radius 2 is 0.638 bits per heavy atom. The summed E-state index contributed by atoms with van der Waals surface area (Å²) in [7, 11) is 0. The molecule has 0 aliphatic rings. The van der Waals surface area contributed by atoms with Crippen molar-refractivity contribution in [3.05, 3.63) is 85.1 Å². The predicted molar refractivity (Wildman–Crippen MR) is 308 cm³/mol. The molecule has 400 valence electrons. The van der Waals surface area contributed by atoms with Gasteiger partial charge in [0, 0.05) is 6.42 Å². The molecule has 0 aliphatic carbocycles. The first-order valence-electron chi connectivity index (χ1n) is 30.3. The molecule has 0 rings (SSSR count). The molecule has 0 aromatic carbocycles. The molecule has 69 heavy (non-hydrogen) atoms. The van der Waals surface area contributed by atoms with E-state index >= 15 is 0 Å². The Kier molecular flexibility index (Phi) is 57.8. The van der Waals surface area contributed by atoms with Crippen molar-refractivity contribution in [2.24, 2.45) is 0 Å². The van der Waals surface area contributed by atoms with Gasteiger partial charge in [0.1, 0.15) is 0 Å². The molecule has 0 heterocycles. The lowest BCUT2D eigenvalue weighted by atomic mass is 10.0.